The number of nitrogens with two attached hydrogens (primary N) is 1. The highest BCUT2D eigenvalue weighted by molar-refractivity contribution is 5.63. The molecule has 6 rings (SSSR count). The van der Waals surface area contributed by atoms with Gasteiger partial charge in [0.1, 0.15) is 5.82 Å². The number of morpholine rings is 1. The number of alkyl halides is 3. The first-order chi connectivity index (χ1) is 14.1. The van der Waals surface area contributed by atoms with Gasteiger partial charge in [0, 0.05) is 47.5 Å². The van der Waals surface area contributed by atoms with Crippen molar-refractivity contribution >= 4 is 5.82 Å². The molecular formula is C21H26F3N5O. The molecule has 0 spiro atoms. The van der Waals surface area contributed by atoms with E-state index in [-0.39, 0.29) is 17.0 Å². The second kappa shape index (κ2) is 6.43. The van der Waals surface area contributed by atoms with E-state index >= 15 is 0 Å². The maximum absolute atomic E-state index is 13.3. The molecule has 30 heavy (non-hydrogen) atoms. The fourth-order valence-corrected chi connectivity index (χ4v) is 5.55. The van der Waals surface area contributed by atoms with Gasteiger partial charge in [0.15, 0.2) is 0 Å². The van der Waals surface area contributed by atoms with Gasteiger partial charge in [-0.2, -0.15) is 18.3 Å². The predicted molar refractivity (Wildman–Crippen MR) is 106 cm³/mol. The van der Waals surface area contributed by atoms with E-state index in [1.54, 1.807) is 0 Å². The lowest BCUT2D eigenvalue weighted by atomic mass is 9.37. The Morgan fingerprint density at radius 3 is 2.40 bits per heavy atom. The second-order valence-electron chi connectivity index (χ2n) is 9.24. The molecular weight excluding hydrogens is 395 g/mol. The van der Waals surface area contributed by atoms with Crippen LogP contribution in [-0.2, 0) is 16.3 Å². The summed E-state index contributed by atoms with van der Waals surface area (Å²) in [5, 5.41) is 4.68. The number of halogens is 3. The molecule has 1 saturated heterocycles. The minimum atomic E-state index is -4.55. The molecule has 4 aliphatic rings. The first kappa shape index (κ1) is 19.8. The van der Waals surface area contributed by atoms with Gasteiger partial charge in [-0.25, -0.2) is 4.98 Å². The molecule has 0 aromatic carbocycles. The molecule has 3 aliphatic carbocycles. The molecule has 0 atom stereocenters. The smallest absolute Gasteiger partial charge is 0.383 e. The molecule has 0 amide bonds. The zero-order valence-corrected chi connectivity index (χ0v) is 17.2. The molecule has 6 nitrogen and oxygen atoms in total. The van der Waals surface area contributed by atoms with Crippen LogP contribution in [0.25, 0.3) is 11.3 Å². The Labute approximate surface area is 173 Å². The highest BCUT2D eigenvalue weighted by atomic mass is 19.4. The summed E-state index contributed by atoms with van der Waals surface area (Å²) < 4.78 is 47.3. The van der Waals surface area contributed by atoms with Crippen molar-refractivity contribution in [3.8, 4) is 11.3 Å². The van der Waals surface area contributed by atoms with Crippen LogP contribution in [-0.4, -0.2) is 51.5 Å². The van der Waals surface area contributed by atoms with Crippen molar-refractivity contribution in [3.05, 3.63) is 29.6 Å². The molecule has 162 valence electrons. The Balaban J connectivity index is 1.45. The lowest BCUT2D eigenvalue weighted by Gasteiger charge is -2.74. The summed E-state index contributed by atoms with van der Waals surface area (Å²) >= 11 is 0. The average molecular weight is 421 g/mol. The van der Waals surface area contributed by atoms with E-state index in [0.717, 1.165) is 57.3 Å². The topological polar surface area (TPSA) is 69.2 Å². The van der Waals surface area contributed by atoms with Gasteiger partial charge in [-0.05, 0) is 45.2 Å². The van der Waals surface area contributed by atoms with Gasteiger partial charge in [0.2, 0.25) is 0 Å². The molecule has 9 heteroatoms. The summed E-state index contributed by atoms with van der Waals surface area (Å²) in [5.41, 5.74) is 6.85. The van der Waals surface area contributed by atoms with Crippen molar-refractivity contribution in [3.63, 3.8) is 0 Å². The molecule has 2 aromatic rings. The normalized spacial score (nSPS) is 29.0. The van der Waals surface area contributed by atoms with Gasteiger partial charge in [-0.1, -0.05) is 0 Å². The van der Waals surface area contributed by atoms with Crippen LogP contribution in [0.3, 0.4) is 0 Å². The average Bonchev–Trinajstić information content (AvgIpc) is 3.05. The Hall–Kier alpha value is -2.13. The highest BCUT2D eigenvalue weighted by Crippen LogP contribution is 2.70. The molecule has 2 N–H and O–H groups in total. The fraction of sp³-hybridized carbons (Fsp3) is 0.619. The van der Waals surface area contributed by atoms with E-state index in [4.69, 9.17) is 10.5 Å². The summed E-state index contributed by atoms with van der Waals surface area (Å²) in [6.45, 7) is 7.62. The number of ether oxygens (including phenoxy) is 1. The maximum atomic E-state index is 13.3. The number of nitrogen functional groups attached to an aromatic ring is 1. The Morgan fingerprint density at radius 1 is 1.13 bits per heavy atom. The Morgan fingerprint density at radius 2 is 1.80 bits per heavy atom. The fourth-order valence-electron chi connectivity index (χ4n) is 5.55. The Kier molecular flexibility index (Phi) is 4.25. The van der Waals surface area contributed by atoms with Crippen molar-refractivity contribution in [1.29, 1.82) is 0 Å². The van der Waals surface area contributed by atoms with E-state index in [1.165, 1.54) is 6.20 Å². The number of hydrogen-bond acceptors (Lipinski definition) is 5. The van der Waals surface area contributed by atoms with Gasteiger partial charge in [0.25, 0.3) is 0 Å². The zero-order chi connectivity index (χ0) is 21.3. The van der Waals surface area contributed by atoms with Crippen molar-refractivity contribution in [2.75, 3.05) is 32.0 Å². The summed E-state index contributed by atoms with van der Waals surface area (Å²) in [7, 11) is 0. The van der Waals surface area contributed by atoms with Crippen LogP contribution in [0.15, 0.2) is 18.3 Å². The Bertz CT molecular complexity index is 958. The van der Waals surface area contributed by atoms with Gasteiger partial charge < -0.3 is 10.5 Å². The summed E-state index contributed by atoms with van der Waals surface area (Å²) in [6, 6.07) is 3.12. The number of nitrogens with zero attached hydrogens (tertiary/aromatic N) is 4. The van der Waals surface area contributed by atoms with Crippen molar-refractivity contribution in [2.45, 2.75) is 56.3 Å². The third kappa shape index (κ3) is 2.85. The van der Waals surface area contributed by atoms with E-state index in [2.05, 4.69) is 15.0 Å². The third-order valence-corrected chi connectivity index (χ3v) is 6.97. The minimum Gasteiger partial charge on any atom is -0.383 e. The van der Waals surface area contributed by atoms with Gasteiger partial charge in [-0.3, -0.25) is 9.58 Å². The lowest BCUT2D eigenvalue weighted by Crippen LogP contribution is -2.78. The highest BCUT2D eigenvalue weighted by Gasteiger charge is 2.71. The lowest BCUT2D eigenvalue weighted by molar-refractivity contribution is -0.191. The van der Waals surface area contributed by atoms with Gasteiger partial charge in [0.05, 0.1) is 24.5 Å². The molecule has 3 heterocycles. The van der Waals surface area contributed by atoms with E-state index in [0.29, 0.717) is 11.3 Å². The van der Waals surface area contributed by atoms with E-state index in [1.807, 2.05) is 24.6 Å². The third-order valence-electron chi connectivity index (χ3n) is 6.97. The van der Waals surface area contributed by atoms with Crippen molar-refractivity contribution in [2.24, 2.45) is 0 Å². The largest absolute Gasteiger partial charge is 0.419 e. The molecule has 0 unspecified atom stereocenters. The van der Waals surface area contributed by atoms with Gasteiger partial charge >= 0.3 is 6.18 Å². The standard InChI is InChI=1S/C21H26F3N5O/c1-13(2)29-17(19-10-20(11-19,12-19)28-3-5-30-6-4-28)8-16(27-29)14-7-15(21(22,23)24)18(25)26-9-14/h7-9,13H,3-6,10-12H2,1-2H3,(H2,25,26). The first-order valence-electron chi connectivity index (χ1n) is 10.4. The monoisotopic (exact) mass is 421 g/mol. The van der Waals surface area contributed by atoms with Crippen LogP contribution in [0.4, 0.5) is 19.0 Å². The number of hydrogen-bond donors (Lipinski definition) is 1. The van der Waals surface area contributed by atoms with Gasteiger partial charge in [-0.15, -0.1) is 0 Å². The van der Waals surface area contributed by atoms with E-state index in [9.17, 15) is 13.2 Å². The van der Waals surface area contributed by atoms with Crippen LogP contribution >= 0.6 is 0 Å². The molecule has 2 bridgehead atoms. The summed E-state index contributed by atoms with van der Waals surface area (Å²) in [4.78, 5) is 6.32. The van der Waals surface area contributed by atoms with Crippen LogP contribution < -0.4 is 5.73 Å². The zero-order valence-electron chi connectivity index (χ0n) is 17.2. The van der Waals surface area contributed by atoms with Crippen LogP contribution in [0.2, 0.25) is 0 Å². The van der Waals surface area contributed by atoms with Crippen molar-refractivity contribution in [1.82, 2.24) is 19.7 Å². The molecule has 0 radical (unpaired) electrons. The maximum Gasteiger partial charge on any atom is 0.419 e. The van der Waals surface area contributed by atoms with Crippen LogP contribution in [0.5, 0.6) is 0 Å². The quantitative estimate of drug-likeness (QED) is 0.817. The van der Waals surface area contributed by atoms with E-state index < -0.39 is 17.6 Å². The second-order valence-corrected chi connectivity index (χ2v) is 9.24. The van der Waals surface area contributed by atoms with Crippen LogP contribution in [0, 0.1) is 0 Å². The molecule has 1 aliphatic heterocycles. The first-order valence-corrected chi connectivity index (χ1v) is 10.4. The molecule has 3 saturated carbocycles. The number of pyridine rings is 1. The van der Waals surface area contributed by atoms with Crippen molar-refractivity contribution < 1.29 is 17.9 Å². The minimum absolute atomic E-state index is 0.0713. The number of aromatic nitrogens is 3. The summed E-state index contributed by atoms with van der Waals surface area (Å²) in [6.07, 6.45) is 0.0520. The molecule has 4 fully saturated rings. The number of anilines is 1. The van der Waals surface area contributed by atoms with Crippen LogP contribution in [0.1, 0.15) is 50.4 Å². The SMILES string of the molecule is CC(C)n1nc(-c2cnc(N)c(C(F)(F)F)c2)cc1C12CC(N3CCOCC3)(C1)C2. The number of rotatable bonds is 4. The summed E-state index contributed by atoms with van der Waals surface area (Å²) in [5.74, 6) is -0.512. The molecule has 2 aromatic heterocycles. The predicted octanol–water partition coefficient (Wildman–Crippen LogP) is 3.63.